The number of rotatable bonds is 6. The molecular weight excluding hydrogens is 476 g/mol. The van der Waals surface area contributed by atoms with Crippen molar-refractivity contribution in [2.24, 2.45) is 0 Å². The summed E-state index contributed by atoms with van der Waals surface area (Å²) < 4.78 is 30.8. The summed E-state index contributed by atoms with van der Waals surface area (Å²) in [6, 6.07) is 17.1. The molecule has 1 aliphatic rings. The number of hydrogen-bond donors (Lipinski definition) is 1. The van der Waals surface area contributed by atoms with Crippen LogP contribution in [0.3, 0.4) is 0 Å². The normalized spacial score (nSPS) is 15.5. The summed E-state index contributed by atoms with van der Waals surface area (Å²) in [6.45, 7) is 4.18. The van der Waals surface area contributed by atoms with E-state index in [1.807, 2.05) is 32.0 Å². The van der Waals surface area contributed by atoms with Gasteiger partial charge < -0.3 is 9.84 Å². The maximum atomic E-state index is 13.3. The van der Waals surface area contributed by atoms with Crippen LogP contribution in [0.15, 0.2) is 64.0 Å². The molecule has 9 heteroatoms. The Morgan fingerprint density at radius 3 is 2.53 bits per heavy atom. The molecule has 1 N–H and O–H groups in total. The van der Waals surface area contributed by atoms with Crippen molar-refractivity contribution in [2.45, 2.75) is 50.5 Å². The van der Waals surface area contributed by atoms with Gasteiger partial charge >= 0.3 is 0 Å². The molecule has 0 saturated carbocycles. The molecule has 0 fully saturated rings. The molecule has 1 aliphatic carbocycles. The van der Waals surface area contributed by atoms with E-state index in [0.717, 1.165) is 35.4 Å². The van der Waals surface area contributed by atoms with Gasteiger partial charge in [-0.05, 0) is 55.9 Å². The topological polar surface area (TPSA) is 107 Å². The maximum absolute atomic E-state index is 13.3. The third kappa shape index (κ3) is 4.70. The Balaban J connectivity index is 1.34. The minimum atomic E-state index is -3.25. The first-order valence-corrected chi connectivity index (χ1v) is 13.8. The number of amides is 1. The first-order valence-electron chi connectivity index (χ1n) is 11.9. The fourth-order valence-electron chi connectivity index (χ4n) is 4.81. The Kier molecular flexibility index (Phi) is 6.26. The number of carbonyl (C=O) groups is 1. The summed E-state index contributed by atoms with van der Waals surface area (Å²) in [4.78, 5) is 13.5. The number of hydrogen-bond acceptors (Lipinski definition) is 6. The van der Waals surface area contributed by atoms with Crippen molar-refractivity contribution in [3.8, 4) is 0 Å². The van der Waals surface area contributed by atoms with Crippen LogP contribution < -0.4 is 5.32 Å². The maximum Gasteiger partial charge on any atom is 0.278 e. The second-order valence-electron chi connectivity index (χ2n) is 9.36. The van der Waals surface area contributed by atoms with Crippen molar-refractivity contribution in [3.63, 3.8) is 0 Å². The molecule has 0 aliphatic heterocycles. The summed E-state index contributed by atoms with van der Waals surface area (Å²) in [5.41, 5.74) is 5.49. The minimum Gasteiger partial charge on any atom is -0.360 e. The number of carbonyl (C=O) groups excluding carboxylic acids is 1. The predicted octanol–water partition coefficient (Wildman–Crippen LogP) is 4.46. The van der Waals surface area contributed by atoms with E-state index in [1.165, 1.54) is 11.8 Å². The second kappa shape index (κ2) is 9.39. The van der Waals surface area contributed by atoms with Crippen molar-refractivity contribution in [1.82, 2.24) is 14.9 Å². The highest BCUT2D eigenvalue weighted by atomic mass is 32.2. The van der Waals surface area contributed by atoms with Crippen molar-refractivity contribution in [2.75, 3.05) is 11.6 Å². The third-order valence-corrected chi connectivity index (χ3v) is 7.96. The molecule has 2 aromatic carbocycles. The number of aromatic nitrogens is 3. The molecule has 1 amide bonds. The van der Waals surface area contributed by atoms with Gasteiger partial charge in [0.05, 0.1) is 28.5 Å². The van der Waals surface area contributed by atoms with Crippen molar-refractivity contribution < 1.29 is 17.7 Å². The molecule has 1 unspecified atom stereocenters. The second-order valence-corrected chi connectivity index (χ2v) is 11.4. The Hall–Kier alpha value is -3.72. The highest BCUT2D eigenvalue weighted by Crippen LogP contribution is 2.34. The lowest BCUT2D eigenvalue weighted by molar-refractivity contribution is 0.101. The number of aryl methyl sites for hydroxylation is 2. The van der Waals surface area contributed by atoms with Crippen molar-refractivity contribution in [3.05, 3.63) is 94.1 Å². The molecule has 1 atom stereocenters. The number of fused-ring (bicyclic) bond motifs is 1. The average Bonchev–Trinajstić information content (AvgIpc) is 3.40. The number of nitrogens with one attached hydrogen (secondary N) is 1. The zero-order chi connectivity index (χ0) is 25.4. The van der Waals surface area contributed by atoms with E-state index in [0.29, 0.717) is 36.0 Å². The summed E-state index contributed by atoms with van der Waals surface area (Å²) >= 11 is 0. The van der Waals surface area contributed by atoms with Gasteiger partial charge in [0.2, 0.25) is 0 Å². The van der Waals surface area contributed by atoms with Crippen LogP contribution in [-0.2, 0) is 29.2 Å². The molecular formula is C27H28N4O4S. The molecule has 2 aromatic heterocycles. The Morgan fingerprint density at radius 1 is 1.11 bits per heavy atom. The Morgan fingerprint density at radius 2 is 1.83 bits per heavy atom. The fourth-order valence-corrected chi connectivity index (χ4v) is 5.44. The summed E-state index contributed by atoms with van der Waals surface area (Å²) in [5, 5.41) is 11.7. The number of nitrogens with zero attached hydrogens (tertiary/aromatic N) is 3. The number of sulfone groups is 1. The zero-order valence-electron chi connectivity index (χ0n) is 20.5. The zero-order valence-corrected chi connectivity index (χ0v) is 21.3. The molecule has 5 rings (SSSR count). The van der Waals surface area contributed by atoms with Crippen LogP contribution in [-0.4, -0.2) is 35.5 Å². The van der Waals surface area contributed by atoms with E-state index in [1.54, 1.807) is 28.9 Å². The molecule has 2 heterocycles. The quantitative estimate of drug-likeness (QED) is 0.415. The standard InChI is InChI=1S/C27H28N4O4S/c1-17-25(18(2)31(29-17)16-19-9-12-22(13-10-19)36(3,33)34)28-27(32)26-23-15-21(11-14-24(23)35-30-26)20-7-5-4-6-8-20/h4-10,12-13,21H,11,14-16H2,1-3H3,(H,28,32). The van der Waals surface area contributed by atoms with Gasteiger partial charge in [-0.1, -0.05) is 47.6 Å². The summed E-state index contributed by atoms with van der Waals surface area (Å²) in [6.07, 6.45) is 3.62. The van der Waals surface area contributed by atoms with Gasteiger partial charge in [-0.2, -0.15) is 5.10 Å². The molecule has 8 nitrogen and oxygen atoms in total. The Bertz CT molecular complexity index is 1520. The molecule has 0 saturated heterocycles. The van der Waals surface area contributed by atoms with Crippen molar-refractivity contribution in [1.29, 1.82) is 0 Å². The van der Waals surface area contributed by atoms with E-state index < -0.39 is 9.84 Å². The highest BCUT2D eigenvalue weighted by molar-refractivity contribution is 7.90. The van der Waals surface area contributed by atoms with Gasteiger partial charge in [0.1, 0.15) is 5.76 Å². The van der Waals surface area contributed by atoms with Gasteiger partial charge in [-0.3, -0.25) is 9.48 Å². The van der Waals surface area contributed by atoms with E-state index in [-0.39, 0.29) is 10.8 Å². The van der Waals surface area contributed by atoms with Crippen LogP contribution in [0.4, 0.5) is 5.69 Å². The van der Waals surface area contributed by atoms with E-state index >= 15 is 0 Å². The van der Waals surface area contributed by atoms with Gasteiger partial charge in [0, 0.05) is 18.2 Å². The molecule has 0 spiro atoms. The van der Waals surface area contributed by atoms with Crippen LogP contribution >= 0.6 is 0 Å². The van der Waals surface area contributed by atoms with Gasteiger partial charge in [0.15, 0.2) is 15.5 Å². The molecule has 36 heavy (non-hydrogen) atoms. The van der Waals surface area contributed by atoms with Gasteiger partial charge in [-0.15, -0.1) is 0 Å². The van der Waals surface area contributed by atoms with Crippen LogP contribution in [0.5, 0.6) is 0 Å². The van der Waals surface area contributed by atoms with Crippen molar-refractivity contribution >= 4 is 21.4 Å². The number of anilines is 1. The fraction of sp³-hybridized carbons (Fsp3) is 0.296. The van der Waals surface area contributed by atoms with Crippen LogP contribution in [0, 0.1) is 13.8 Å². The SMILES string of the molecule is Cc1nn(Cc2ccc(S(C)(=O)=O)cc2)c(C)c1NC(=O)c1noc2c1CC(c1ccccc1)CC2. The lowest BCUT2D eigenvalue weighted by Gasteiger charge is -2.21. The third-order valence-electron chi connectivity index (χ3n) is 6.83. The first kappa shape index (κ1) is 24.0. The summed E-state index contributed by atoms with van der Waals surface area (Å²) in [7, 11) is -3.25. The van der Waals surface area contributed by atoms with Crippen LogP contribution in [0.1, 0.15) is 56.7 Å². The lowest BCUT2D eigenvalue weighted by Crippen LogP contribution is -2.19. The smallest absolute Gasteiger partial charge is 0.278 e. The Labute approximate surface area is 210 Å². The van der Waals surface area contributed by atoms with Gasteiger partial charge in [-0.25, -0.2) is 8.42 Å². The molecule has 0 radical (unpaired) electrons. The largest absolute Gasteiger partial charge is 0.360 e. The summed E-state index contributed by atoms with van der Waals surface area (Å²) in [5.74, 6) is 0.802. The minimum absolute atomic E-state index is 0.276. The number of benzene rings is 2. The highest BCUT2D eigenvalue weighted by Gasteiger charge is 2.30. The first-order chi connectivity index (χ1) is 17.2. The van der Waals surface area contributed by atoms with Gasteiger partial charge in [0.25, 0.3) is 5.91 Å². The van der Waals surface area contributed by atoms with Crippen LogP contribution in [0.25, 0.3) is 0 Å². The molecule has 0 bridgehead atoms. The van der Waals surface area contributed by atoms with E-state index in [9.17, 15) is 13.2 Å². The molecule has 4 aromatic rings. The lowest BCUT2D eigenvalue weighted by atomic mass is 9.82. The average molecular weight is 505 g/mol. The van der Waals surface area contributed by atoms with E-state index in [2.05, 4.69) is 27.7 Å². The predicted molar refractivity (Wildman–Crippen MR) is 136 cm³/mol. The van der Waals surface area contributed by atoms with E-state index in [4.69, 9.17) is 4.52 Å². The van der Waals surface area contributed by atoms with Crippen LogP contribution in [0.2, 0.25) is 0 Å². The monoisotopic (exact) mass is 504 g/mol. The molecule has 186 valence electrons.